The Morgan fingerprint density at radius 1 is 1.25 bits per heavy atom. The number of hydrogen-bond donors (Lipinski definition) is 3. The molecule has 3 rings (SSSR count). The fourth-order valence-electron chi connectivity index (χ4n) is 4.42. The van der Waals surface area contributed by atoms with E-state index in [4.69, 9.17) is 4.74 Å². The van der Waals surface area contributed by atoms with Crippen LogP contribution in [0.15, 0.2) is 0 Å². The first-order chi connectivity index (χ1) is 11.4. The minimum absolute atomic E-state index is 0.267. The lowest BCUT2D eigenvalue weighted by Gasteiger charge is -2.34. The van der Waals surface area contributed by atoms with Crippen LogP contribution in [0, 0.1) is 5.92 Å². The second kappa shape index (κ2) is 7.18. The van der Waals surface area contributed by atoms with E-state index in [-0.39, 0.29) is 6.04 Å². The van der Waals surface area contributed by atoms with E-state index in [9.17, 15) is 15.0 Å². The summed E-state index contributed by atoms with van der Waals surface area (Å²) in [6.45, 7) is 4.05. The molecule has 0 unspecified atom stereocenters. The Morgan fingerprint density at radius 3 is 2.50 bits per heavy atom. The number of hydrogen-bond acceptors (Lipinski definition) is 4. The summed E-state index contributed by atoms with van der Waals surface area (Å²) < 4.78 is 6.05. The summed E-state index contributed by atoms with van der Waals surface area (Å²) in [6.07, 6.45) is 7.09. The zero-order chi connectivity index (χ0) is 17.3. The van der Waals surface area contributed by atoms with Crippen LogP contribution in [-0.2, 0) is 4.74 Å². The molecule has 1 heterocycles. The topological polar surface area (TPSA) is 82.0 Å². The highest BCUT2D eigenvalue weighted by Crippen LogP contribution is 2.39. The summed E-state index contributed by atoms with van der Waals surface area (Å²) in [7, 11) is 0. The third kappa shape index (κ3) is 4.03. The third-order valence-corrected chi connectivity index (χ3v) is 5.79. The maximum atomic E-state index is 11.9. The van der Waals surface area contributed by atoms with Crippen LogP contribution in [-0.4, -0.2) is 57.8 Å². The van der Waals surface area contributed by atoms with Crippen molar-refractivity contribution < 1.29 is 19.7 Å². The van der Waals surface area contributed by atoms with Gasteiger partial charge in [-0.3, -0.25) is 4.90 Å². The lowest BCUT2D eigenvalue weighted by atomic mass is 9.83. The molecule has 3 fully saturated rings. The second-order valence-corrected chi connectivity index (χ2v) is 8.24. The average molecular weight is 340 g/mol. The smallest absolute Gasteiger partial charge is 0.409 e. The monoisotopic (exact) mass is 340 g/mol. The van der Waals surface area contributed by atoms with E-state index in [1.807, 2.05) is 0 Å². The van der Waals surface area contributed by atoms with E-state index in [2.05, 4.69) is 5.32 Å². The molecule has 0 aromatic heterocycles. The number of rotatable bonds is 6. The number of ether oxygens (including phenoxy) is 1. The van der Waals surface area contributed by atoms with Crippen molar-refractivity contribution >= 4 is 6.09 Å². The number of aliphatic hydroxyl groups is 1. The van der Waals surface area contributed by atoms with Gasteiger partial charge in [0.2, 0.25) is 0 Å². The summed E-state index contributed by atoms with van der Waals surface area (Å²) in [5.74, 6) is 0.536. The van der Waals surface area contributed by atoms with Crippen molar-refractivity contribution in [2.45, 2.75) is 95.2 Å². The Balaban J connectivity index is 1.71. The van der Waals surface area contributed by atoms with Crippen molar-refractivity contribution in [2.75, 3.05) is 6.54 Å². The molecule has 0 aromatic carbocycles. The quantitative estimate of drug-likeness (QED) is 0.692. The summed E-state index contributed by atoms with van der Waals surface area (Å²) in [5, 5.41) is 23.7. The van der Waals surface area contributed by atoms with Gasteiger partial charge in [0, 0.05) is 12.6 Å². The van der Waals surface area contributed by atoms with Gasteiger partial charge in [0.05, 0.1) is 12.1 Å². The fraction of sp³-hybridized carbons (Fsp3) is 0.944. The zero-order valence-electron chi connectivity index (χ0n) is 14.9. The van der Waals surface area contributed by atoms with E-state index in [1.165, 1.54) is 24.2 Å². The van der Waals surface area contributed by atoms with E-state index < -0.39 is 24.0 Å². The minimum Gasteiger partial charge on any atom is -0.465 e. The lowest BCUT2D eigenvalue weighted by molar-refractivity contribution is -0.0968. The number of nitrogens with one attached hydrogen (secondary N) is 1. The molecule has 138 valence electrons. The molecule has 0 radical (unpaired) electrons. The van der Waals surface area contributed by atoms with Crippen molar-refractivity contribution in [1.29, 1.82) is 0 Å². The first kappa shape index (κ1) is 18.0. The van der Waals surface area contributed by atoms with Crippen LogP contribution >= 0.6 is 0 Å². The Labute approximate surface area is 144 Å². The van der Waals surface area contributed by atoms with E-state index in [0.717, 1.165) is 32.1 Å². The summed E-state index contributed by atoms with van der Waals surface area (Å²) >= 11 is 0. The minimum atomic E-state index is -0.953. The van der Waals surface area contributed by atoms with Gasteiger partial charge in [0.25, 0.3) is 0 Å². The molecule has 0 spiro atoms. The normalized spacial score (nSPS) is 32.0. The molecule has 6 nitrogen and oxygen atoms in total. The number of carboxylic acid groups (broad SMARTS) is 1. The van der Waals surface area contributed by atoms with Gasteiger partial charge < -0.3 is 20.3 Å². The predicted octanol–water partition coefficient (Wildman–Crippen LogP) is 2.55. The van der Waals surface area contributed by atoms with Crippen molar-refractivity contribution in [2.24, 2.45) is 5.92 Å². The molecule has 24 heavy (non-hydrogen) atoms. The SMILES string of the molecule is CC1(C)O[C@@H]([C@H](O)CNC2CC2)[C@H](CC2CCCCC2)N1C(=O)O. The van der Waals surface area contributed by atoms with Crippen molar-refractivity contribution in [3.05, 3.63) is 0 Å². The number of aliphatic hydroxyl groups excluding tert-OH is 1. The van der Waals surface area contributed by atoms with Crippen LogP contribution in [0.4, 0.5) is 4.79 Å². The molecule has 3 atom stereocenters. The molecule has 1 aliphatic heterocycles. The molecule has 3 N–H and O–H groups in total. The Kier molecular flexibility index (Phi) is 5.37. The van der Waals surface area contributed by atoms with Gasteiger partial charge in [0.1, 0.15) is 11.8 Å². The van der Waals surface area contributed by atoms with Gasteiger partial charge in [0.15, 0.2) is 0 Å². The third-order valence-electron chi connectivity index (χ3n) is 5.79. The molecular weight excluding hydrogens is 308 g/mol. The number of amides is 1. The summed E-state index contributed by atoms with van der Waals surface area (Å²) in [6, 6.07) is 0.248. The molecule has 1 amide bonds. The number of carbonyl (C=O) groups is 1. The highest BCUT2D eigenvalue weighted by Gasteiger charge is 2.52. The lowest BCUT2D eigenvalue weighted by Crippen LogP contribution is -2.50. The molecular formula is C18H32N2O4. The van der Waals surface area contributed by atoms with Gasteiger partial charge in [-0.25, -0.2) is 4.79 Å². The average Bonchev–Trinajstić information content (AvgIpc) is 3.30. The van der Waals surface area contributed by atoms with Crippen molar-refractivity contribution in [3.63, 3.8) is 0 Å². The molecule has 6 heteroatoms. The molecule has 1 saturated heterocycles. The van der Waals surface area contributed by atoms with Crippen LogP contribution in [0.2, 0.25) is 0 Å². The predicted molar refractivity (Wildman–Crippen MR) is 90.8 cm³/mol. The van der Waals surface area contributed by atoms with Gasteiger partial charge in [-0.05, 0) is 39.0 Å². The van der Waals surface area contributed by atoms with E-state index in [0.29, 0.717) is 18.5 Å². The molecule has 0 aromatic rings. The van der Waals surface area contributed by atoms with Crippen LogP contribution in [0.5, 0.6) is 0 Å². The first-order valence-electron chi connectivity index (χ1n) is 9.50. The largest absolute Gasteiger partial charge is 0.465 e. The number of nitrogens with zero attached hydrogens (tertiary/aromatic N) is 1. The van der Waals surface area contributed by atoms with Gasteiger partial charge in [-0.2, -0.15) is 0 Å². The Hall–Kier alpha value is -0.850. The van der Waals surface area contributed by atoms with Crippen molar-refractivity contribution in [3.8, 4) is 0 Å². The molecule has 0 bridgehead atoms. The van der Waals surface area contributed by atoms with E-state index in [1.54, 1.807) is 13.8 Å². The highest BCUT2D eigenvalue weighted by molar-refractivity contribution is 5.67. The Bertz CT molecular complexity index is 446. The van der Waals surface area contributed by atoms with Crippen LogP contribution in [0.3, 0.4) is 0 Å². The summed E-state index contributed by atoms with van der Waals surface area (Å²) in [4.78, 5) is 13.3. The van der Waals surface area contributed by atoms with Gasteiger partial charge >= 0.3 is 6.09 Å². The maximum absolute atomic E-state index is 11.9. The fourth-order valence-corrected chi connectivity index (χ4v) is 4.42. The maximum Gasteiger partial charge on any atom is 0.409 e. The van der Waals surface area contributed by atoms with E-state index >= 15 is 0 Å². The summed E-state index contributed by atoms with van der Waals surface area (Å²) in [5.41, 5.74) is -0.892. The molecule has 3 aliphatic rings. The zero-order valence-corrected chi connectivity index (χ0v) is 14.9. The molecule has 2 aliphatic carbocycles. The standard InChI is InChI=1S/C18H32N2O4/c1-18(2)20(17(22)23)14(10-12-6-4-3-5-7-12)16(24-18)15(21)11-19-13-8-9-13/h12-16,19,21H,3-11H2,1-2H3,(H,22,23)/t14-,15+,16+/m0/s1. The van der Waals surface area contributed by atoms with Crippen LogP contribution in [0.25, 0.3) is 0 Å². The second-order valence-electron chi connectivity index (χ2n) is 8.24. The first-order valence-corrected chi connectivity index (χ1v) is 9.50. The van der Waals surface area contributed by atoms with Gasteiger partial charge in [-0.1, -0.05) is 32.1 Å². The highest BCUT2D eigenvalue weighted by atomic mass is 16.6. The Morgan fingerprint density at radius 2 is 1.92 bits per heavy atom. The van der Waals surface area contributed by atoms with Gasteiger partial charge in [-0.15, -0.1) is 0 Å². The molecule has 2 saturated carbocycles. The van der Waals surface area contributed by atoms with Crippen LogP contribution in [0.1, 0.15) is 65.2 Å². The van der Waals surface area contributed by atoms with Crippen molar-refractivity contribution in [1.82, 2.24) is 10.2 Å². The van der Waals surface area contributed by atoms with Crippen LogP contribution < -0.4 is 5.32 Å².